The van der Waals surface area contributed by atoms with Gasteiger partial charge in [-0.1, -0.05) is 18.2 Å². The monoisotopic (exact) mass is 513 g/mol. The molecule has 0 bridgehead atoms. The average molecular weight is 514 g/mol. The fourth-order valence-corrected chi connectivity index (χ4v) is 3.25. The van der Waals surface area contributed by atoms with Crippen LogP contribution in [0.4, 0.5) is 22.0 Å². The number of hydrogen-bond donors (Lipinski definition) is 6. The van der Waals surface area contributed by atoms with E-state index in [4.69, 9.17) is 4.74 Å². The first-order chi connectivity index (χ1) is 17.4. The summed E-state index contributed by atoms with van der Waals surface area (Å²) in [6.45, 7) is 5.83. The van der Waals surface area contributed by atoms with Gasteiger partial charge >= 0.3 is 12.1 Å². The van der Waals surface area contributed by atoms with Gasteiger partial charge in [-0.15, -0.1) is 10.2 Å². The maximum Gasteiger partial charge on any atom is 0.369 e. The van der Waals surface area contributed by atoms with E-state index >= 15 is 0 Å². The number of anilines is 3. The Labute approximate surface area is 211 Å². The second-order valence-corrected chi connectivity index (χ2v) is 8.08. The van der Waals surface area contributed by atoms with Crippen molar-refractivity contribution < 1.29 is 29.6 Å². The van der Waals surface area contributed by atoms with Crippen molar-refractivity contribution in [3.05, 3.63) is 48.4 Å². The Morgan fingerprint density at radius 2 is 1.95 bits per heavy atom. The molecule has 15 nitrogen and oxygen atoms in total. The predicted octanol–water partition coefficient (Wildman–Crippen LogP) is 0.382. The van der Waals surface area contributed by atoms with Crippen LogP contribution in [-0.2, 0) is 7.05 Å². The highest BCUT2D eigenvalue weighted by Crippen LogP contribution is 2.37. The molecule has 0 saturated carbocycles. The van der Waals surface area contributed by atoms with Gasteiger partial charge in [0.05, 0.1) is 24.0 Å². The Hall–Kier alpha value is -4.60. The Kier molecular flexibility index (Phi) is 8.01. The number of carbonyl (C=O) groups is 2. The van der Waals surface area contributed by atoms with Crippen LogP contribution < -0.4 is 20.7 Å². The molecular weight excluding hydrogens is 486 g/mol. The molecule has 6 N–H and O–H groups in total. The number of aryl methyl sites for hydroxylation is 1. The van der Waals surface area contributed by atoms with E-state index in [1.165, 1.54) is 29.1 Å². The third-order valence-electron chi connectivity index (χ3n) is 4.71. The Morgan fingerprint density at radius 1 is 1.22 bits per heavy atom. The number of ether oxygens (including phenoxy) is 1. The maximum atomic E-state index is 12.6. The minimum atomic E-state index is -3.50. The molecule has 0 aliphatic rings. The van der Waals surface area contributed by atoms with E-state index in [-0.39, 0.29) is 11.5 Å². The number of hydrogen-bond acceptors (Lipinski definition) is 11. The fraction of sp³-hybridized carbons (Fsp3) is 0.273. The number of rotatable bonds is 9. The lowest BCUT2D eigenvalue weighted by atomic mass is 10.1. The van der Waals surface area contributed by atoms with E-state index < -0.39 is 23.7 Å². The lowest BCUT2D eigenvalue weighted by Gasteiger charge is -2.20. The van der Waals surface area contributed by atoms with E-state index in [0.717, 1.165) is 5.57 Å². The normalized spacial score (nSPS) is 11.0. The second kappa shape index (κ2) is 11.0. The molecule has 37 heavy (non-hydrogen) atoms. The highest BCUT2D eigenvalue weighted by Gasteiger charge is 2.27. The van der Waals surface area contributed by atoms with Crippen molar-refractivity contribution in [2.75, 3.05) is 31.3 Å². The second-order valence-electron chi connectivity index (χ2n) is 8.08. The first-order valence-electron chi connectivity index (χ1n) is 10.7. The summed E-state index contributed by atoms with van der Waals surface area (Å²) in [7, 11) is 4.71. The molecule has 0 fully saturated rings. The van der Waals surface area contributed by atoms with E-state index in [0.29, 0.717) is 29.4 Å². The molecule has 2 heterocycles. The van der Waals surface area contributed by atoms with E-state index in [1.54, 1.807) is 44.5 Å². The highest BCUT2D eigenvalue weighted by atomic mass is 16.7. The zero-order chi connectivity index (χ0) is 27.3. The lowest BCUT2D eigenvalue weighted by Crippen LogP contribution is -2.48. The van der Waals surface area contributed by atoms with Gasteiger partial charge in [0.25, 0.3) is 5.91 Å². The highest BCUT2D eigenvalue weighted by molar-refractivity contribution is 5.99. The number of carbonyl (C=O) groups excluding carboxylic acids is 2. The van der Waals surface area contributed by atoms with Gasteiger partial charge in [0.15, 0.2) is 23.1 Å². The van der Waals surface area contributed by atoms with Crippen molar-refractivity contribution in [1.82, 2.24) is 35.2 Å². The molecule has 1 aromatic carbocycles. The van der Waals surface area contributed by atoms with Gasteiger partial charge in [-0.25, -0.2) is 9.78 Å². The standard InChI is InChI=1S/C22H27N9O6/c1-12(2)10-30(3)21(33)25-16-9-15(17(28-27-16)20(32)26-22(34,35)36)24-14-8-6-7-13(18(14)37-5)19-23-11-31(4)29-19/h6-9,11,34-36H,1,10H2,2-5H3,(H,26,32)(H2,24,25,27,33). The van der Waals surface area contributed by atoms with Gasteiger partial charge in [0.1, 0.15) is 6.33 Å². The molecule has 0 aliphatic heterocycles. The summed E-state index contributed by atoms with van der Waals surface area (Å²) in [5.41, 5.74) is 1.20. The van der Waals surface area contributed by atoms with Crippen LogP contribution in [0.2, 0.25) is 0 Å². The smallest absolute Gasteiger partial charge is 0.369 e. The molecule has 3 amide bonds. The van der Waals surface area contributed by atoms with Crippen LogP contribution in [0.5, 0.6) is 5.75 Å². The van der Waals surface area contributed by atoms with E-state index in [1.807, 2.05) is 0 Å². The molecular formula is C22H27N9O6. The number of amides is 3. The van der Waals surface area contributed by atoms with Gasteiger partial charge in [-0.2, -0.15) is 5.10 Å². The van der Waals surface area contributed by atoms with Crippen molar-refractivity contribution in [2.24, 2.45) is 7.05 Å². The van der Waals surface area contributed by atoms with Crippen LogP contribution in [0.25, 0.3) is 11.4 Å². The first-order valence-corrected chi connectivity index (χ1v) is 10.7. The van der Waals surface area contributed by atoms with Crippen LogP contribution in [0.15, 0.2) is 42.7 Å². The first kappa shape index (κ1) is 27.0. The third-order valence-corrected chi connectivity index (χ3v) is 4.71. The Balaban J connectivity index is 2.02. The molecule has 0 spiro atoms. The number of aromatic nitrogens is 5. The van der Waals surface area contributed by atoms with Crippen LogP contribution in [0.3, 0.4) is 0 Å². The summed E-state index contributed by atoms with van der Waals surface area (Å²) in [5, 5.41) is 46.5. The summed E-state index contributed by atoms with van der Waals surface area (Å²) in [6, 6.07) is 5.86. The van der Waals surface area contributed by atoms with Crippen LogP contribution >= 0.6 is 0 Å². The number of nitrogens with zero attached hydrogens (tertiary/aromatic N) is 6. The van der Waals surface area contributed by atoms with Crippen molar-refractivity contribution in [3.63, 3.8) is 0 Å². The SMILES string of the molecule is C=C(C)CN(C)C(=O)Nc1cc(Nc2cccc(-c3ncn(C)n3)c2OC)c(C(=O)NC(O)(O)O)nn1. The number of aliphatic hydroxyl groups is 3. The number of urea groups is 1. The van der Waals surface area contributed by atoms with Crippen LogP contribution in [0, 0.1) is 0 Å². The van der Waals surface area contributed by atoms with Crippen LogP contribution in [-0.4, -0.2) is 83.9 Å². The Bertz CT molecular complexity index is 1320. The average Bonchev–Trinajstić information content (AvgIpc) is 3.23. The topological polar surface area (TPSA) is 200 Å². The maximum absolute atomic E-state index is 12.6. The molecule has 196 valence electrons. The zero-order valence-corrected chi connectivity index (χ0v) is 20.6. The minimum Gasteiger partial charge on any atom is -0.494 e. The van der Waals surface area contributed by atoms with Crippen molar-refractivity contribution in [1.29, 1.82) is 0 Å². The van der Waals surface area contributed by atoms with E-state index in [2.05, 4.69) is 37.5 Å². The largest absolute Gasteiger partial charge is 0.494 e. The molecule has 3 aromatic rings. The zero-order valence-electron chi connectivity index (χ0n) is 20.6. The van der Waals surface area contributed by atoms with Gasteiger partial charge in [-0.05, 0) is 19.1 Å². The summed E-state index contributed by atoms with van der Waals surface area (Å²) in [4.78, 5) is 30.7. The summed E-state index contributed by atoms with van der Waals surface area (Å²) >= 11 is 0. The molecule has 0 saturated heterocycles. The molecule has 0 atom stereocenters. The van der Waals surface area contributed by atoms with Crippen molar-refractivity contribution >= 4 is 29.1 Å². The van der Waals surface area contributed by atoms with Gasteiger partial charge in [0, 0.05) is 26.7 Å². The van der Waals surface area contributed by atoms with Crippen molar-refractivity contribution in [2.45, 2.75) is 13.0 Å². The summed E-state index contributed by atoms with van der Waals surface area (Å²) in [6.07, 6.45) is -1.98. The predicted molar refractivity (Wildman–Crippen MR) is 132 cm³/mol. The molecule has 0 unspecified atom stereocenters. The van der Waals surface area contributed by atoms with Gasteiger partial charge in [-0.3, -0.25) is 20.1 Å². The minimum absolute atomic E-state index is 0.0148. The fourth-order valence-electron chi connectivity index (χ4n) is 3.25. The molecule has 3 rings (SSSR count). The molecule has 2 aromatic heterocycles. The van der Waals surface area contributed by atoms with Crippen LogP contribution in [0.1, 0.15) is 17.4 Å². The number of para-hydroxylation sites is 1. The number of benzene rings is 1. The summed E-state index contributed by atoms with van der Waals surface area (Å²) < 4.78 is 7.09. The third kappa shape index (κ3) is 6.97. The molecule has 15 heteroatoms. The number of nitrogens with one attached hydrogen (secondary N) is 3. The summed E-state index contributed by atoms with van der Waals surface area (Å²) in [5.74, 6) is -0.499. The number of methoxy groups -OCH3 is 1. The molecule has 0 aliphatic carbocycles. The van der Waals surface area contributed by atoms with Crippen molar-refractivity contribution in [3.8, 4) is 17.1 Å². The van der Waals surface area contributed by atoms with Gasteiger partial charge in [0.2, 0.25) is 0 Å². The lowest BCUT2D eigenvalue weighted by molar-refractivity contribution is -0.323. The van der Waals surface area contributed by atoms with E-state index in [9.17, 15) is 24.9 Å². The molecule has 0 radical (unpaired) electrons. The van der Waals surface area contributed by atoms with Gasteiger partial charge < -0.3 is 30.3 Å². The quantitative estimate of drug-likeness (QED) is 0.171. The Morgan fingerprint density at radius 3 is 2.54 bits per heavy atom. The number of likely N-dealkylation sites (N-methyl/N-ethyl adjacent to an activating group) is 1.